The number of aromatic nitrogens is 2. The normalized spacial score (nSPS) is 14.0. The lowest BCUT2D eigenvalue weighted by Gasteiger charge is -2.26. The second-order valence-corrected chi connectivity index (χ2v) is 16.1. The Morgan fingerprint density at radius 3 is 2.42 bits per heavy atom. The number of nitrogens with one attached hydrogen (secondary N) is 2. The highest BCUT2D eigenvalue weighted by Gasteiger charge is 2.23. The summed E-state index contributed by atoms with van der Waals surface area (Å²) in [5.41, 5.74) is 6.62. The largest absolute Gasteiger partial charge is 0.497 e. The molecule has 2 N–H and O–H groups in total. The fourth-order valence-corrected chi connectivity index (χ4v) is 7.34. The number of aryl methyl sites for hydroxylation is 1. The van der Waals surface area contributed by atoms with Gasteiger partial charge in [0.15, 0.2) is 5.75 Å². The first-order valence-corrected chi connectivity index (χ1v) is 19.9. The molecule has 1 atom stereocenters. The van der Waals surface area contributed by atoms with Crippen LogP contribution in [0.1, 0.15) is 64.0 Å². The monoisotopic (exact) mass is 763 g/mol. The van der Waals surface area contributed by atoms with Crippen molar-refractivity contribution < 1.29 is 28.0 Å². The molecule has 2 amide bonds. The lowest BCUT2D eigenvalue weighted by molar-refractivity contribution is 0.0383. The maximum Gasteiger partial charge on any atom is 0.255 e. The van der Waals surface area contributed by atoms with Crippen LogP contribution in [0, 0.1) is 6.92 Å². The maximum absolute atomic E-state index is 13.7. The summed E-state index contributed by atoms with van der Waals surface area (Å²) < 4.78 is 29.2. The molecule has 11 nitrogen and oxygen atoms in total. The first kappa shape index (κ1) is 39.5. The molecule has 0 radical (unpaired) electrons. The van der Waals surface area contributed by atoms with Crippen LogP contribution in [0.3, 0.4) is 0 Å². The highest BCUT2D eigenvalue weighted by Crippen LogP contribution is 2.37. The van der Waals surface area contributed by atoms with Crippen LogP contribution in [0.2, 0.25) is 0 Å². The molecule has 0 saturated carbocycles. The van der Waals surface area contributed by atoms with E-state index in [1.807, 2.05) is 61.5 Å². The van der Waals surface area contributed by atoms with Gasteiger partial charge in [-0.1, -0.05) is 32.9 Å². The smallest absolute Gasteiger partial charge is 0.255 e. The molecule has 5 aromatic rings. The predicted molar refractivity (Wildman–Crippen MR) is 217 cm³/mol. The van der Waals surface area contributed by atoms with Crippen LogP contribution in [0.25, 0.3) is 22.0 Å². The zero-order chi connectivity index (χ0) is 39.3. The molecule has 1 fully saturated rings. The fourth-order valence-electron chi connectivity index (χ4n) is 6.59. The van der Waals surface area contributed by atoms with Crippen LogP contribution in [-0.4, -0.2) is 90.8 Å². The number of methoxy groups -OCH3 is 2. The number of benzene rings is 4. The fraction of sp³-hybridized carbons (Fsp3) is 0.349. The average molecular weight is 764 g/mol. The minimum atomic E-state index is -1.33. The summed E-state index contributed by atoms with van der Waals surface area (Å²) in [6.45, 7) is 12.7. The number of carbonyl (C=O) groups excluding carboxylic acids is 2. The van der Waals surface area contributed by atoms with Crippen molar-refractivity contribution in [3.05, 3.63) is 107 Å². The lowest BCUT2D eigenvalue weighted by atomic mass is 9.86. The van der Waals surface area contributed by atoms with E-state index in [0.717, 1.165) is 71.6 Å². The predicted octanol–water partition coefficient (Wildman–Crippen LogP) is 6.56. The van der Waals surface area contributed by atoms with Gasteiger partial charge in [0.1, 0.15) is 11.6 Å². The first-order valence-electron chi connectivity index (χ1n) is 18.3. The number of amides is 2. The number of hydrogen-bond donors (Lipinski definition) is 2. The van der Waals surface area contributed by atoms with Crippen LogP contribution in [0.5, 0.6) is 11.5 Å². The van der Waals surface area contributed by atoms with E-state index in [0.29, 0.717) is 52.0 Å². The first-order chi connectivity index (χ1) is 26.3. The van der Waals surface area contributed by atoms with E-state index in [-0.39, 0.29) is 17.2 Å². The summed E-state index contributed by atoms with van der Waals surface area (Å²) in [6.07, 6.45) is 3.82. The number of nitrogens with zero attached hydrogens (tertiary/aromatic N) is 3. The quantitative estimate of drug-likeness (QED) is 0.145. The Balaban J connectivity index is 1.19. The molecule has 12 heteroatoms. The summed E-state index contributed by atoms with van der Waals surface area (Å²) in [5.74, 6) is 1.12. The highest BCUT2D eigenvalue weighted by molar-refractivity contribution is 7.84. The molecule has 1 saturated heterocycles. The Morgan fingerprint density at radius 1 is 0.927 bits per heavy atom. The number of rotatable bonds is 12. The van der Waals surface area contributed by atoms with Crippen LogP contribution in [0.4, 0.5) is 5.69 Å². The van der Waals surface area contributed by atoms with E-state index in [2.05, 4.69) is 41.3 Å². The third kappa shape index (κ3) is 9.56. The molecule has 1 aromatic heterocycles. The van der Waals surface area contributed by atoms with Crippen LogP contribution in [-0.2, 0) is 27.4 Å². The summed E-state index contributed by atoms with van der Waals surface area (Å²) >= 11 is 0. The number of ether oxygens (including phenoxy) is 3. The summed E-state index contributed by atoms with van der Waals surface area (Å²) in [6, 6.07) is 20.8. The van der Waals surface area contributed by atoms with Gasteiger partial charge in [-0.2, -0.15) is 0 Å². The van der Waals surface area contributed by atoms with Gasteiger partial charge in [0.05, 0.1) is 54.3 Å². The van der Waals surface area contributed by atoms with Crippen LogP contribution in [0.15, 0.2) is 77.8 Å². The van der Waals surface area contributed by atoms with Crippen LogP contribution >= 0.6 is 0 Å². The number of anilines is 1. The molecule has 0 bridgehead atoms. The van der Waals surface area contributed by atoms with Gasteiger partial charge in [-0.25, -0.2) is 9.97 Å². The van der Waals surface area contributed by atoms with E-state index in [1.54, 1.807) is 31.7 Å². The van der Waals surface area contributed by atoms with E-state index in [9.17, 15) is 13.8 Å². The molecular weight excluding hydrogens is 715 g/mol. The third-order valence-corrected chi connectivity index (χ3v) is 10.7. The number of fused-ring (bicyclic) bond motifs is 1. The van der Waals surface area contributed by atoms with Crippen molar-refractivity contribution in [2.45, 2.75) is 44.4 Å². The zero-order valence-electron chi connectivity index (χ0n) is 32.6. The van der Waals surface area contributed by atoms with Crippen LogP contribution < -0.4 is 20.1 Å². The molecule has 0 aliphatic carbocycles. The molecule has 6 rings (SSSR count). The second-order valence-electron chi connectivity index (χ2n) is 14.8. The molecular formula is C43H49N5O6S. The molecule has 1 unspecified atom stereocenters. The Hall–Kier alpha value is -5.17. The summed E-state index contributed by atoms with van der Waals surface area (Å²) in [7, 11) is 1.77. The minimum absolute atomic E-state index is 0.157. The van der Waals surface area contributed by atoms with Gasteiger partial charge in [-0.15, -0.1) is 0 Å². The third-order valence-electron chi connectivity index (χ3n) is 9.77. The topological polar surface area (TPSA) is 132 Å². The van der Waals surface area contributed by atoms with E-state index < -0.39 is 10.8 Å². The lowest BCUT2D eigenvalue weighted by Crippen LogP contribution is -2.41. The number of morpholine rings is 1. The van der Waals surface area contributed by atoms with E-state index >= 15 is 0 Å². The van der Waals surface area contributed by atoms with Crippen molar-refractivity contribution in [1.82, 2.24) is 20.2 Å². The number of hydrogen-bond acceptors (Lipinski definition) is 9. The summed E-state index contributed by atoms with van der Waals surface area (Å²) in [4.78, 5) is 39.1. The minimum Gasteiger partial charge on any atom is -0.497 e. The molecule has 0 spiro atoms. The van der Waals surface area contributed by atoms with Gasteiger partial charge < -0.3 is 24.8 Å². The zero-order valence-corrected chi connectivity index (χ0v) is 33.4. The number of carbonyl (C=O) groups is 2. The van der Waals surface area contributed by atoms with Crippen molar-refractivity contribution in [2.75, 3.05) is 65.2 Å². The maximum atomic E-state index is 13.7. The standard InChI is InChI=1S/C43H49N5O6S/c1-27-8-9-30(42(50)47-37-24-33(43(2,3)4)25-38(55(7)51)40(37)53-6)23-35(27)29-10-11-36-32(21-29)26-45-39(46-36)20-28-18-31(22-34(19-28)52-5)41(49)44-12-13-48-14-16-54-17-15-48/h8-11,18-19,21-26H,12-17,20H2,1-7H3,(H,44,49)(H,47,50). The molecule has 1 aliphatic rings. The van der Waals surface area contributed by atoms with Gasteiger partial charge in [0.2, 0.25) is 0 Å². The second kappa shape index (κ2) is 17.1. The van der Waals surface area contributed by atoms with Crippen molar-refractivity contribution in [2.24, 2.45) is 0 Å². The van der Waals surface area contributed by atoms with Crippen molar-refractivity contribution in [3.63, 3.8) is 0 Å². The van der Waals surface area contributed by atoms with Gasteiger partial charge in [0, 0.05) is 61.6 Å². The van der Waals surface area contributed by atoms with Crippen molar-refractivity contribution in [1.29, 1.82) is 0 Å². The average Bonchev–Trinajstić information content (AvgIpc) is 3.17. The SMILES string of the molecule is COc1cc(Cc2ncc3cc(-c4cc(C(=O)Nc5cc(C(C)(C)C)cc(S(C)=O)c5OC)ccc4C)ccc3n2)cc(C(=O)NCCN2CCOCC2)c1. The van der Waals surface area contributed by atoms with Gasteiger partial charge in [0.25, 0.3) is 11.8 Å². The van der Waals surface area contributed by atoms with E-state index in [1.165, 1.54) is 7.11 Å². The Bertz CT molecular complexity index is 2250. The van der Waals surface area contributed by atoms with Crippen molar-refractivity contribution >= 4 is 39.2 Å². The molecule has 55 heavy (non-hydrogen) atoms. The highest BCUT2D eigenvalue weighted by atomic mass is 32.2. The van der Waals surface area contributed by atoms with Gasteiger partial charge in [-0.05, 0) is 94.8 Å². The summed E-state index contributed by atoms with van der Waals surface area (Å²) in [5, 5.41) is 6.90. The molecule has 2 heterocycles. The van der Waals surface area contributed by atoms with Gasteiger partial charge in [-0.3, -0.25) is 18.7 Å². The molecule has 1 aliphatic heterocycles. The molecule has 4 aromatic carbocycles. The van der Waals surface area contributed by atoms with Crippen molar-refractivity contribution in [3.8, 4) is 22.6 Å². The van der Waals surface area contributed by atoms with Gasteiger partial charge >= 0.3 is 0 Å². The Morgan fingerprint density at radius 2 is 1.71 bits per heavy atom. The molecule has 288 valence electrons. The van der Waals surface area contributed by atoms with E-state index in [4.69, 9.17) is 19.2 Å². The Kier molecular flexibility index (Phi) is 12.3. The Labute approximate surface area is 325 Å².